The van der Waals surface area contributed by atoms with Gasteiger partial charge in [-0.25, -0.2) is 4.98 Å². The van der Waals surface area contributed by atoms with Crippen LogP contribution in [0.25, 0.3) is 0 Å². The lowest BCUT2D eigenvalue weighted by Crippen LogP contribution is -2.38. The van der Waals surface area contributed by atoms with Crippen LogP contribution >= 0.6 is 0 Å². The molecule has 0 aromatic carbocycles. The van der Waals surface area contributed by atoms with Gasteiger partial charge in [-0.05, 0) is 20.3 Å². The molecule has 0 aliphatic heterocycles. The van der Waals surface area contributed by atoms with Gasteiger partial charge in [-0.15, -0.1) is 0 Å². The summed E-state index contributed by atoms with van der Waals surface area (Å²) in [6, 6.07) is -0.737. The number of carboxylic acids is 1. The molecule has 1 aromatic heterocycles. The Morgan fingerprint density at radius 2 is 2.35 bits per heavy atom. The molecule has 1 heterocycles. The molecule has 0 aliphatic carbocycles. The normalized spacial score (nSPS) is 14.5. The second kappa shape index (κ2) is 6.39. The zero-order valence-electron chi connectivity index (χ0n) is 10.6. The fourth-order valence-corrected chi connectivity index (χ4v) is 1.63. The van der Waals surface area contributed by atoms with Gasteiger partial charge in [0.15, 0.2) is 0 Å². The number of carbonyl (C=O) groups is 1. The fourth-order valence-electron chi connectivity index (χ4n) is 1.63. The summed E-state index contributed by atoms with van der Waals surface area (Å²) in [7, 11) is 0. The molecule has 5 heteroatoms. The van der Waals surface area contributed by atoms with E-state index in [2.05, 4.69) is 10.3 Å². The van der Waals surface area contributed by atoms with Crippen molar-refractivity contribution in [2.45, 2.75) is 52.1 Å². The third-order valence-corrected chi connectivity index (χ3v) is 2.61. The van der Waals surface area contributed by atoms with Crippen LogP contribution in [0.5, 0.6) is 0 Å². The zero-order chi connectivity index (χ0) is 12.8. The summed E-state index contributed by atoms with van der Waals surface area (Å²) < 4.78 is 5.36. The number of aromatic nitrogens is 1. The van der Waals surface area contributed by atoms with E-state index < -0.39 is 12.0 Å². The quantitative estimate of drug-likeness (QED) is 0.764. The van der Waals surface area contributed by atoms with E-state index in [9.17, 15) is 4.79 Å². The van der Waals surface area contributed by atoms with Gasteiger partial charge in [0.05, 0.1) is 12.2 Å². The number of nitrogens with zero attached hydrogens (tertiary/aromatic N) is 1. The number of unbranched alkanes of at least 4 members (excludes halogenated alkanes) is 1. The van der Waals surface area contributed by atoms with Crippen LogP contribution in [-0.4, -0.2) is 22.1 Å². The summed E-state index contributed by atoms with van der Waals surface area (Å²) in [5.41, 5.74) is 0. The van der Waals surface area contributed by atoms with Crippen LogP contribution in [0.15, 0.2) is 10.6 Å². The lowest BCUT2D eigenvalue weighted by Gasteiger charge is -2.17. The number of nitrogens with one attached hydrogen (secondary N) is 1. The van der Waals surface area contributed by atoms with Crippen LogP contribution in [-0.2, 0) is 4.79 Å². The van der Waals surface area contributed by atoms with Crippen molar-refractivity contribution in [1.29, 1.82) is 0 Å². The molecular weight excluding hydrogens is 220 g/mol. The van der Waals surface area contributed by atoms with E-state index in [1.165, 1.54) is 0 Å². The van der Waals surface area contributed by atoms with E-state index in [1.807, 2.05) is 20.8 Å². The molecule has 5 nitrogen and oxygen atoms in total. The first-order valence-corrected chi connectivity index (χ1v) is 5.95. The predicted octanol–water partition coefficient (Wildman–Crippen LogP) is 2.28. The number of aryl methyl sites for hydroxylation is 1. The molecule has 0 saturated heterocycles. The summed E-state index contributed by atoms with van der Waals surface area (Å²) >= 11 is 0. The van der Waals surface area contributed by atoms with E-state index in [4.69, 9.17) is 9.52 Å². The van der Waals surface area contributed by atoms with Gasteiger partial charge in [0.25, 0.3) is 0 Å². The van der Waals surface area contributed by atoms with Crippen molar-refractivity contribution in [1.82, 2.24) is 10.3 Å². The minimum absolute atomic E-state index is 0.193. The Balaban J connectivity index is 2.57. The molecule has 0 aliphatic rings. The Labute approximate surface area is 101 Å². The molecular formula is C12H20N2O3. The monoisotopic (exact) mass is 240 g/mol. The van der Waals surface area contributed by atoms with Crippen molar-refractivity contribution in [2.75, 3.05) is 0 Å². The third kappa shape index (κ3) is 4.19. The zero-order valence-corrected chi connectivity index (χ0v) is 10.6. The average Bonchev–Trinajstić information content (AvgIpc) is 2.70. The third-order valence-electron chi connectivity index (χ3n) is 2.61. The van der Waals surface area contributed by atoms with Gasteiger partial charge in [0, 0.05) is 0 Å². The second-order valence-electron chi connectivity index (χ2n) is 4.23. The number of hydrogen-bond donors (Lipinski definition) is 2. The molecule has 0 bridgehead atoms. The Morgan fingerprint density at radius 3 is 2.82 bits per heavy atom. The minimum Gasteiger partial charge on any atom is -0.480 e. The summed E-state index contributed by atoms with van der Waals surface area (Å²) in [5.74, 6) is 0.438. The molecule has 2 unspecified atom stereocenters. The van der Waals surface area contributed by atoms with E-state index in [0.717, 1.165) is 18.6 Å². The van der Waals surface area contributed by atoms with Gasteiger partial charge in [-0.1, -0.05) is 19.8 Å². The predicted molar refractivity (Wildman–Crippen MR) is 63.7 cm³/mol. The summed E-state index contributed by atoms with van der Waals surface area (Å²) in [6.07, 6.45) is 4.13. The van der Waals surface area contributed by atoms with Gasteiger partial charge >= 0.3 is 5.97 Å². The molecule has 0 saturated carbocycles. The van der Waals surface area contributed by atoms with Crippen molar-refractivity contribution in [3.05, 3.63) is 17.8 Å². The van der Waals surface area contributed by atoms with E-state index in [0.29, 0.717) is 12.3 Å². The number of oxazole rings is 1. The van der Waals surface area contributed by atoms with E-state index in [-0.39, 0.29) is 6.04 Å². The first-order valence-electron chi connectivity index (χ1n) is 5.95. The summed E-state index contributed by atoms with van der Waals surface area (Å²) in [4.78, 5) is 15.2. The maximum absolute atomic E-state index is 11.1. The van der Waals surface area contributed by atoms with Crippen molar-refractivity contribution < 1.29 is 14.3 Å². The Kier molecular flexibility index (Phi) is 5.15. The standard InChI is InChI=1S/C12H20N2O3/c1-4-5-6-10(12(15)16)14-9(3)11-13-7-8(2)17-11/h7,9-10,14H,4-6H2,1-3H3,(H,15,16). The van der Waals surface area contributed by atoms with Gasteiger partial charge in [-0.3, -0.25) is 10.1 Å². The highest BCUT2D eigenvalue weighted by molar-refractivity contribution is 5.73. The van der Waals surface area contributed by atoms with Crippen LogP contribution < -0.4 is 5.32 Å². The topological polar surface area (TPSA) is 75.4 Å². The number of rotatable bonds is 7. The molecule has 96 valence electrons. The SMILES string of the molecule is CCCCC(NC(C)c1ncc(C)o1)C(=O)O. The average molecular weight is 240 g/mol. The van der Waals surface area contributed by atoms with Crippen LogP contribution in [0.1, 0.15) is 50.8 Å². The largest absolute Gasteiger partial charge is 0.480 e. The maximum atomic E-state index is 11.1. The van der Waals surface area contributed by atoms with Crippen LogP contribution in [0.2, 0.25) is 0 Å². The molecule has 0 fully saturated rings. The Morgan fingerprint density at radius 1 is 1.65 bits per heavy atom. The molecule has 2 atom stereocenters. The second-order valence-corrected chi connectivity index (χ2v) is 4.23. The first kappa shape index (κ1) is 13.7. The highest BCUT2D eigenvalue weighted by Gasteiger charge is 2.21. The lowest BCUT2D eigenvalue weighted by atomic mass is 10.1. The number of hydrogen-bond acceptors (Lipinski definition) is 4. The molecule has 17 heavy (non-hydrogen) atoms. The highest BCUT2D eigenvalue weighted by Crippen LogP contribution is 2.14. The van der Waals surface area contributed by atoms with Gasteiger partial charge in [0.2, 0.25) is 5.89 Å². The van der Waals surface area contributed by atoms with Crippen molar-refractivity contribution in [2.24, 2.45) is 0 Å². The molecule has 0 amide bonds. The Hall–Kier alpha value is -1.36. The maximum Gasteiger partial charge on any atom is 0.320 e. The lowest BCUT2D eigenvalue weighted by molar-refractivity contribution is -0.140. The number of aliphatic carboxylic acids is 1. The van der Waals surface area contributed by atoms with E-state index >= 15 is 0 Å². The molecule has 2 N–H and O–H groups in total. The van der Waals surface area contributed by atoms with Crippen LogP contribution in [0.4, 0.5) is 0 Å². The smallest absolute Gasteiger partial charge is 0.320 e. The van der Waals surface area contributed by atoms with Crippen molar-refractivity contribution >= 4 is 5.97 Å². The minimum atomic E-state index is -0.825. The van der Waals surface area contributed by atoms with Crippen LogP contribution in [0, 0.1) is 6.92 Å². The molecule has 1 rings (SSSR count). The Bertz CT molecular complexity index is 362. The summed E-state index contributed by atoms with van der Waals surface area (Å²) in [6.45, 7) is 5.71. The molecule has 1 aromatic rings. The first-order chi connectivity index (χ1) is 8.04. The van der Waals surface area contributed by atoms with Crippen molar-refractivity contribution in [3.63, 3.8) is 0 Å². The van der Waals surface area contributed by atoms with Gasteiger partial charge in [0.1, 0.15) is 11.8 Å². The van der Waals surface area contributed by atoms with Gasteiger partial charge < -0.3 is 9.52 Å². The molecule has 0 spiro atoms. The van der Waals surface area contributed by atoms with Crippen molar-refractivity contribution in [3.8, 4) is 0 Å². The number of carboxylic acid groups (broad SMARTS) is 1. The fraction of sp³-hybridized carbons (Fsp3) is 0.667. The highest BCUT2D eigenvalue weighted by atomic mass is 16.4. The van der Waals surface area contributed by atoms with E-state index in [1.54, 1.807) is 6.20 Å². The van der Waals surface area contributed by atoms with Crippen LogP contribution in [0.3, 0.4) is 0 Å². The van der Waals surface area contributed by atoms with Gasteiger partial charge in [-0.2, -0.15) is 0 Å². The molecule has 0 radical (unpaired) electrons. The summed E-state index contributed by atoms with van der Waals surface area (Å²) in [5, 5.41) is 12.1.